The van der Waals surface area contributed by atoms with Gasteiger partial charge in [0, 0.05) is 6.20 Å². The smallest absolute Gasteiger partial charge is 0.267 e. The minimum atomic E-state index is 0.387. The second kappa shape index (κ2) is 2.45. The molecule has 0 amide bonds. The lowest BCUT2D eigenvalue weighted by molar-refractivity contribution is 0.565. The Morgan fingerprint density at radius 2 is 2.18 bits per heavy atom. The van der Waals surface area contributed by atoms with E-state index in [2.05, 4.69) is 20.4 Å². The molecule has 0 fully saturated rings. The van der Waals surface area contributed by atoms with Gasteiger partial charge in [-0.3, -0.25) is 0 Å². The van der Waals surface area contributed by atoms with E-state index in [1.165, 1.54) is 6.39 Å². The van der Waals surface area contributed by atoms with E-state index in [-0.39, 0.29) is 0 Å². The monoisotopic (exact) mass is 148 g/mol. The summed E-state index contributed by atoms with van der Waals surface area (Å²) in [6, 6.07) is 3.51. The minimum Gasteiger partial charge on any atom is -0.422 e. The van der Waals surface area contributed by atoms with Crippen molar-refractivity contribution in [3.8, 4) is 11.6 Å². The molecule has 2 aromatic rings. The third kappa shape index (κ3) is 1.07. The lowest BCUT2D eigenvalue weighted by atomic mass is 10.4. The van der Waals surface area contributed by atoms with Crippen molar-refractivity contribution in [3.63, 3.8) is 0 Å². The first-order valence-electron chi connectivity index (χ1n) is 3.01. The molecule has 0 aliphatic rings. The maximum atomic E-state index is 4.89. The second-order valence-electron chi connectivity index (χ2n) is 1.85. The van der Waals surface area contributed by atoms with Crippen LogP contribution in [0.1, 0.15) is 0 Å². The van der Waals surface area contributed by atoms with Crippen molar-refractivity contribution in [1.29, 1.82) is 0 Å². The van der Waals surface area contributed by atoms with Crippen LogP contribution in [0.15, 0.2) is 29.1 Å². The van der Waals surface area contributed by atoms with Crippen LogP contribution in [0.25, 0.3) is 11.6 Å². The van der Waals surface area contributed by atoms with E-state index in [0.717, 1.165) is 0 Å². The molecular formula is C6H4N4O. The van der Waals surface area contributed by atoms with Gasteiger partial charge in [-0.1, -0.05) is 0 Å². The van der Waals surface area contributed by atoms with Crippen LogP contribution in [0, 0.1) is 0 Å². The molecular weight excluding hydrogens is 144 g/mol. The molecule has 0 aromatic carbocycles. The normalized spacial score (nSPS) is 9.82. The predicted octanol–water partition coefficient (Wildman–Crippen LogP) is 0.527. The Labute approximate surface area is 62.1 Å². The Hall–Kier alpha value is -1.78. The molecule has 0 atom stereocenters. The van der Waals surface area contributed by atoms with Gasteiger partial charge in [-0.25, -0.2) is 0 Å². The molecule has 0 unspecified atom stereocenters. The Balaban J connectivity index is 2.46. The van der Waals surface area contributed by atoms with E-state index >= 15 is 0 Å². The minimum absolute atomic E-state index is 0.387. The standard InChI is InChI=1S/C6H4N4O/c1-2-5(9-7-3-1)6-10-8-4-11-6/h1-4H. The average Bonchev–Trinajstić information content (AvgIpc) is 2.58. The van der Waals surface area contributed by atoms with Gasteiger partial charge in [0.1, 0.15) is 5.69 Å². The van der Waals surface area contributed by atoms with Gasteiger partial charge in [0.05, 0.1) is 0 Å². The zero-order valence-electron chi connectivity index (χ0n) is 5.51. The summed E-state index contributed by atoms with van der Waals surface area (Å²) in [5, 5.41) is 14.6. The highest BCUT2D eigenvalue weighted by molar-refractivity contribution is 5.43. The van der Waals surface area contributed by atoms with Crippen molar-refractivity contribution in [3.05, 3.63) is 24.7 Å². The summed E-state index contributed by atoms with van der Waals surface area (Å²) < 4.78 is 4.89. The molecule has 0 aliphatic carbocycles. The molecule has 2 heterocycles. The number of aromatic nitrogens is 4. The molecule has 0 saturated carbocycles. The Morgan fingerprint density at radius 1 is 1.18 bits per heavy atom. The molecule has 0 aliphatic heterocycles. The van der Waals surface area contributed by atoms with Gasteiger partial charge in [0.15, 0.2) is 0 Å². The quantitative estimate of drug-likeness (QED) is 0.590. The van der Waals surface area contributed by atoms with E-state index in [9.17, 15) is 0 Å². The first-order chi connectivity index (χ1) is 5.47. The third-order valence-electron chi connectivity index (χ3n) is 1.15. The Morgan fingerprint density at radius 3 is 2.82 bits per heavy atom. The lowest BCUT2D eigenvalue weighted by Crippen LogP contribution is -1.84. The molecule has 0 bridgehead atoms. The Kier molecular flexibility index (Phi) is 1.33. The van der Waals surface area contributed by atoms with E-state index < -0.39 is 0 Å². The van der Waals surface area contributed by atoms with Crippen molar-refractivity contribution >= 4 is 0 Å². The fourth-order valence-corrected chi connectivity index (χ4v) is 0.700. The highest BCUT2D eigenvalue weighted by Gasteiger charge is 2.02. The summed E-state index contributed by atoms with van der Waals surface area (Å²) in [5.41, 5.74) is 0.588. The van der Waals surface area contributed by atoms with Crippen LogP contribution in [0.4, 0.5) is 0 Å². The van der Waals surface area contributed by atoms with Crippen LogP contribution in [0.5, 0.6) is 0 Å². The third-order valence-corrected chi connectivity index (χ3v) is 1.15. The van der Waals surface area contributed by atoms with Gasteiger partial charge in [0.25, 0.3) is 5.89 Å². The zero-order valence-corrected chi connectivity index (χ0v) is 5.51. The highest BCUT2D eigenvalue weighted by Crippen LogP contribution is 2.09. The van der Waals surface area contributed by atoms with Crippen molar-refractivity contribution in [2.45, 2.75) is 0 Å². The van der Waals surface area contributed by atoms with Crippen LogP contribution in [0.3, 0.4) is 0 Å². The maximum absolute atomic E-state index is 4.89. The molecule has 0 N–H and O–H groups in total. The first-order valence-corrected chi connectivity index (χ1v) is 3.01. The van der Waals surface area contributed by atoms with E-state index in [1.54, 1.807) is 18.3 Å². The summed E-state index contributed by atoms with van der Waals surface area (Å²) in [6.45, 7) is 0. The number of hydrogen-bond donors (Lipinski definition) is 0. The van der Waals surface area contributed by atoms with Crippen molar-refractivity contribution in [2.75, 3.05) is 0 Å². The fraction of sp³-hybridized carbons (Fsp3) is 0. The van der Waals surface area contributed by atoms with Gasteiger partial charge in [-0.15, -0.1) is 15.3 Å². The summed E-state index contributed by atoms with van der Waals surface area (Å²) in [5.74, 6) is 0.387. The van der Waals surface area contributed by atoms with Crippen molar-refractivity contribution < 1.29 is 4.42 Å². The first kappa shape index (κ1) is 5.96. The fourth-order valence-electron chi connectivity index (χ4n) is 0.700. The average molecular weight is 148 g/mol. The van der Waals surface area contributed by atoms with Crippen LogP contribution in [-0.2, 0) is 0 Å². The van der Waals surface area contributed by atoms with Gasteiger partial charge >= 0.3 is 0 Å². The SMILES string of the molecule is c1cnnc(-c2nnco2)c1. The van der Waals surface area contributed by atoms with Gasteiger partial charge in [-0.05, 0) is 12.1 Å². The van der Waals surface area contributed by atoms with Crippen molar-refractivity contribution in [2.24, 2.45) is 0 Å². The number of nitrogens with zero attached hydrogens (tertiary/aromatic N) is 4. The van der Waals surface area contributed by atoms with Crippen molar-refractivity contribution in [1.82, 2.24) is 20.4 Å². The van der Waals surface area contributed by atoms with Crippen LogP contribution in [-0.4, -0.2) is 20.4 Å². The summed E-state index contributed by atoms with van der Waals surface area (Å²) in [6.07, 6.45) is 2.84. The Bertz CT molecular complexity index is 318. The van der Waals surface area contributed by atoms with E-state index in [0.29, 0.717) is 11.6 Å². The largest absolute Gasteiger partial charge is 0.422 e. The summed E-state index contributed by atoms with van der Waals surface area (Å²) >= 11 is 0. The van der Waals surface area contributed by atoms with Gasteiger partial charge in [0.2, 0.25) is 6.39 Å². The second-order valence-corrected chi connectivity index (χ2v) is 1.85. The van der Waals surface area contributed by atoms with Gasteiger partial charge < -0.3 is 4.42 Å². The van der Waals surface area contributed by atoms with E-state index in [1.807, 2.05) is 0 Å². The van der Waals surface area contributed by atoms with E-state index in [4.69, 9.17) is 4.42 Å². The van der Waals surface area contributed by atoms with Crippen LogP contribution >= 0.6 is 0 Å². The van der Waals surface area contributed by atoms with Crippen LogP contribution in [0.2, 0.25) is 0 Å². The number of rotatable bonds is 1. The molecule has 0 spiro atoms. The molecule has 2 aromatic heterocycles. The summed E-state index contributed by atoms with van der Waals surface area (Å²) in [4.78, 5) is 0. The maximum Gasteiger partial charge on any atom is 0.267 e. The molecule has 5 nitrogen and oxygen atoms in total. The molecule has 11 heavy (non-hydrogen) atoms. The van der Waals surface area contributed by atoms with Gasteiger partial charge in [-0.2, -0.15) is 5.10 Å². The summed E-state index contributed by atoms with van der Waals surface area (Å²) in [7, 11) is 0. The highest BCUT2D eigenvalue weighted by atomic mass is 16.4. The number of hydrogen-bond acceptors (Lipinski definition) is 5. The zero-order chi connectivity index (χ0) is 7.52. The molecule has 54 valence electrons. The molecule has 5 heteroatoms. The molecule has 0 radical (unpaired) electrons. The lowest BCUT2D eigenvalue weighted by Gasteiger charge is -1.87. The predicted molar refractivity (Wildman–Crippen MR) is 35.3 cm³/mol. The molecule has 2 rings (SSSR count). The van der Waals surface area contributed by atoms with Crippen LogP contribution < -0.4 is 0 Å². The topological polar surface area (TPSA) is 64.7 Å². The molecule has 0 saturated heterocycles.